The lowest BCUT2D eigenvalue weighted by molar-refractivity contribution is 0.795. The minimum Gasteiger partial charge on any atom is -0.356 e. The van der Waals surface area contributed by atoms with Gasteiger partial charge in [0.25, 0.3) is 0 Å². The summed E-state index contributed by atoms with van der Waals surface area (Å²) >= 11 is 0. The summed E-state index contributed by atoms with van der Waals surface area (Å²) < 4.78 is 0. The number of para-hydroxylation sites is 1. The molecule has 0 bridgehead atoms. The number of unbranched alkanes of at least 4 members (excludes halogenated alkanes) is 1. The highest BCUT2D eigenvalue weighted by Gasteiger charge is 1.95. The lowest BCUT2D eigenvalue weighted by Crippen LogP contribution is -1.90. The van der Waals surface area contributed by atoms with E-state index in [-0.39, 0.29) is 0 Å². The van der Waals surface area contributed by atoms with Crippen LogP contribution in [0.1, 0.15) is 25.3 Å². The summed E-state index contributed by atoms with van der Waals surface area (Å²) in [7, 11) is 0. The normalized spacial score (nSPS) is 10.2. The van der Waals surface area contributed by atoms with Crippen LogP contribution >= 0.6 is 0 Å². The second kappa shape index (κ2) is 6.09. The number of anilines is 2. The van der Waals surface area contributed by atoms with Crippen LogP contribution < -0.4 is 5.32 Å². The number of hydrogen-bond donors (Lipinski definition) is 1. The molecule has 0 saturated heterocycles. The van der Waals surface area contributed by atoms with Gasteiger partial charge in [0.1, 0.15) is 0 Å². The molecule has 0 aromatic heterocycles. The maximum Gasteiger partial charge on any atom is 0.0384 e. The number of benzene rings is 2. The van der Waals surface area contributed by atoms with E-state index in [1.807, 2.05) is 18.2 Å². The summed E-state index contributed by atoms with van der Waals surface area (Å²) in [5.74, 6) is 0. The standard InChI is InChI=1S/C16H19N/c1-2-3-7-14-10-12-16(13-11-14)17-15-8-5-4-6-9-15/h4-6,8-13,17H,2-3,7H2,1H3. The fraction of sp³-hybridized carbons (Fsp3) is 0.250. The summed E-state index contributed by atoms with van der Waals surface area (Å²) in [6.45, 7) is 2.23. The number of rotatable bonds is 5. The molecule has 0 aliphatic heterocycles. The fourth-order valence-electron chi connectivity index (χ4n) is 1.82. The van der Waals surface area contributed by atoms with Crippen LogP contribution in [-0.4, -0.2) is 0 Å². The van der Waals surface area contributed by atoms with E-state index in [4.69, 9.17) is 0 Å². The molecule has 2 aromatic rings. The average Bonchev–Trinajstić information content (AvgIpc) is 2.39. The van der Waals surface area contributed by atoms with Crippen LogP contribution in [0.5, 0.6) is 0 Å². The number of nitrogens with one attached hydrogen (secondary N) is 1. The van der Waals surface area contributed by atoms with Gasteiger partial charge in [-0.05, 0) is 42.7 Å². The quantitative estimate of drug-likeness (QED) is 0.772. The molecule has 0 unspecified atom stereocenters. The van der Waals surface area contributed by atoms with E-state index in [1.165, 1.54) is 24.8 Å². The van der Waals surface area contributed by atoms with Crippen molar-refractivity contribution in [3.8, 4) is 0 Å². The molecule has 0 radical (unpaired) electrons. The van der Waals surface area contributed by atoms with Gasteiger partial charge in [-0.2, -0.15) is 0 Å². The SMILES string of the molecule is CCCCc1ccc(Nc2ccccc2)cc1. The molecule has 17 heavy (non-hydrogen) atoms. The van der Waals surface area contributed by atoms with Crippen LogP contribution in [0.4, 0.5) is 11.4 Å². The van der Waals surface area contributed by atoms with Crippen LogP contribution in [0.3, 0.4) is 0 Å². The number of hydrogen-bond acceptors (Lipinski definition) is 1. The summed E-state index contributed by atoms with van der Waals surface area (Å²) in [4.78, 5) is 0. The Morgan fingerprint density at radius 1 is 0.824 bits per heavy atom. The van der Waals surface area contributed by atoms with E-state index >= 15 is 0 Å². The Labute approximate surface area is 103 Å². The van der Waals surface area contributed by atoms with Gasteiger partial charge in [0.15, 0.2) is 0 Å². The van der Waals surface area contributed by atoms with Gasteiger partial charge in [0, 0.05) is 11.4 Å². The highest BCUT2D eigenvalue weighted by atomic mass is 14.9. The first kappa shape index (κ1) is 11.7. The van der Waals surface area contributed by atoms with Crippen LogP contribution in [0.15, 0.2) is 54.6 Å². The van der Waals surface area contributed by atoms with E-state index in [1.54, 1.807) is 0 Å². The monoisotopic (exact) mass is 225 g/mol. The zero-order valence-corrected chi connectivity index (χ0v) is 10.3. The van der Waals surface area contributed by atoms with Crippen LogP contribution in [0, 0.1) is 0 Å². The van der Waals surface area contributed by atoms with Crippen LogP contribution in [0.2, 0.25) is 0 Å². The Morgan fingerprint density at radius 2 is 1.47 bits per heavy atom. The molecule has 1 N–H and O–H groups in total. The molecule has 0 aliphatic carbocycles. The highest BCUT2D eigenvalue weighted by Crippen LogP contribution is 2.17. The minimum absolute atomic E-state index is 1.13. The van der Waals surface area contributed by atoms with Gasteiger partial charge >= 0.3 is 0 Å². The van der Waals surface area contributed by atoms with E-state index in [2.05, 4.69) is 48.6 Å². The van der Waals surface area contributed by atoms with Gasteiger partial charge < -0.3 is 5.32 Å². The highest BCUT2D eigenvalue weighted by molar-refractivity contribution is 5.59. The van der Waals surface area contributed by atoms with Crippen LogP contribution in [-0.2, 0) is 6.42 Å². The van der Waals surface area contributed by atoms with Gasteiger partial charge in [0.05, 0.1) is 0 Å². The first-order valence-corrected chi connectivity index (χ1v) is 6.29. The van der Waals surface area contributed by atoms with Crippen molar-refractivity contribution in [1.29, 1.82) is 0 Å². The molecule has 0 atom stereocenters. The Balaban J connectivity index is 1.98. The molecule has 0 spiro atoms. The van der Waals surface area contributed by atoms with Crippen molar-refractivity contribution in [2.75, 3.05) is 5.32 Å². The third-order valence-corrected chi connectivity index (χ3v) is 2.84. The molecule has 0 fully saturated rings. The summed E-state index contributed by atoms with van der Waals surface area (Å²) in [5.41, 5.74) is 3.70. The molecule has 0 saturated carbocycles. The lowest BCUT2D eigenvalue weighted by atomic mass is 10.1. The smallest absolute Gasteiger partial charge is 0.0384 e. The summed E-state index contributed by atoms with van der Waals surface area (Å²) in [6.07, 6.45) is 3.71. The average molecular weight is 225 g/mol. The molecule has 0 aliphatic rings. The van der Waals surface area contributed by atoms with Gasteiger partial charge in [-0.15, -0.1) is 0 Å². The summed E-state index contributed by atoms with van der Waals surface area (Å²) in [6, 6.07) is 19.0. The second-order valence-electron chi connectivity index (χ2n) is 4.29. The molecule has 1 heteroatoms. The maximum atomic E-state index is 3.39. The Bertz CT molecular complexity index is 431. The van der Waals surface area contributed by atoms with Gasteiger partial charge in [-0.3, -0.25) is 0 Å². The maximum absolute atomic E-state index is 3.39. The molecule has 1 nitrogen and oxygen atoms in total. The first-order valence-electron chi connectivity index (χ1n) is 6.29. The Hall–Kier alpha value is -1.76. The fourth-order valence-corrected chi connectivity index (χ4v) is 1.82. The van der Waals surface area contributed by atoms with Crippen molar-refractivity contribution in [3.05, 3.63) is 60.2 Å². The van der Waals surface area contributed by atoms with Gasteiger partial charge in [-0.25, -0.2) is 0 Å². The molecule has 0 heterocycles. The van der Waals surface area contributed by atoms with Crippen molar-refractivity contribution in [3.63, 3.8) is 0 Å². The van der Waals surface area contributed by atoms with Crippen molar-refractivity contribution in [2.45, 2.75) is 26.2 Å². The molecule has 2 rings (SSSR count). The first-order chi connectivity index (χ1) is 8.38. The largest absolute Gasteiger partial charge is 0.356 e. The summed E-state index contributed by atoms with van der Waals surface area (Å²) in [5, 5.41) is 3.39. The van der Waals surface area contributed by atoms with Crippen LogP contribution in [0.25, 0.3) is 0 Å². The molecule has 0 amide bonds. The van der Waals surface area contributed by atoms with Crippen molar-refractivity contribution in [2.24, 2.45) is 0 Å². The zero-order chi connectivity index (χ0) is 11.9. The van der Waals surface area contributed by atoms with Crippen molar-refractivity contribution < 1.29 is 0 Å². The van der Waals surface area contributed by atoms with Gasteiger partial charge in [0.2, 0.25) is 0 Å². The lowest BCUT2D eigenvalue weighted by Gasteiger charge is -2.07. The van der Waals surface area contributed by atoms with E-state index in [9.17, 15) is 0 Å². The van der Waals surface area contributed by atoms with E-state index in [0.717, 1.165) is 11.4 Å². The molecular formula is C16H19N. The predicted octanol–water partition coefficient (Wildman–Crippen LogP) is 4.77. The Kier molecular flexibility index (Phi) is 4.20. The minimum atomic E-state index is 1.13. The van der Waals surface area contributed by atoms with E-state index in [0.29, 0.717) is 0 Å². The molecule has 2 aromatic carbocycles. The predicted molar refractivity (Wildman–Crippen MR) is 74.8 cm³/mol. The van der Waals surface area contributed by atoms with Crippen molar-refractivity contribution in [1.82, 2.24) is 0 Å². The third kappa shape index (κ3) is 3.63. The molecular weight excluding hydrogens is 206 g/mol. The van der Waals surface area contributed by atoms with E-state index < -0.39 is 0 Å². The van der Waals surface area contributed by atoms with Gasteiger partial charge in [-0.1, -0.05) is 43.7 Å². The second-order valence-corrected chi connectivity index (χ2v) is 4.29. The third-order valence-electron chi connectivity index (χ3n) is 2.84. The number of aryl methyl sites for hydroxylation is 1. The topological polar surface area (TPSA) is 12.0 Å². The Morgan fingerprint density at radius 3 is 2.12 bits per heavy atom. The molecule has 88 valence electrons. The van der Waals surface area contributed by atoms with Crippen molar-refractivity contribution >= 4 is 11.4 Å². The zero-order valence-electron chi connectivity index (χ0n) is 10.3.